The zero-order chi connectivity index (χ0) is 12.3. The first kappa shape index (κ1) is 12.4. The van der Waals surface area contributed by atoms with Gasteiger partial charge in [-0.25, -0.2) is 0 Å². The second kappa shape index (κ2) is 5.09. The number of para-hydroxylation sites is 1. The maximum absolute atomic E-state index is 5.81. The van der Waals surface area contributed by atoms with E-state index >= 15 is 0 Å². The molecule has 0 saturated heterocycles. The van der Waals surface area contributed by atoms with Crippen molar-refractivity contribution in [1.29, 1.82) is 0 Å². The molecule has 0 bridgehead atoms. The maximum atomic E-state index is 5.81. The molecule has 0 radical (unpaired) electrons. The Balaban J connectivity index is 1.95. The number of aryl methyl sites for hydroxylation is 1. The van der Waals surface area contributed by atoms with Gasteiger partial charge < -0.3 is 9.64 Å². The molecule has 2 rings (SSSR count). The van der Waals surface area contributed by atoms with Gasteiger partial charge in [0.05, 0.1) is 12.2 Å². The van der Waals surface area contributed by atoms with Crippen molar-refractivity contribution < 1.29 is 4.74 Å². The zero-order valence-corrected chi connectivity index (χ0v) is 11.2. The van der Waals surface area contributed by atoms with E-state index in [1.54, 1.807) is 0 Å². The minimum atomic E-state index is -0.0324. The lowest BCUT2D eigenvalue weighted by atomic mass is 10.0. The Morgan fingerprint density at radius 2 is 2.00 bits per heavy atom. The normalized spacial score (nSPS) is 15.8. The molecular formula is C15H23NO. The number of hydrogen-bond acceptors (Lipinski definition) is 2. The van der Waals surface area contributed by atoms with Crippen LogP contribution in [0.1, 0.15) is 32.8 Å². The van der Waals surface area contributed by atoms with E-state index in [-0.39, 0.29) is 5.60 Å². The van der Waals surface area contributed by atoms with Crippen LogP contribution in [0.3, 0.4) is 0 Å². The predicted molar refractivity (Wildman–Crippen MR) is 72.7 cm³/mol. The van der Waals surface area contributed by atoms with E-state index < -0.39 is 0 Å². The zero-order valence-electron chi connectivity index (χ0n) is 11.2. The number of nitrogens with zero attached hydrogens (tertiary/aromatic N) is 1. The van der Waals surface area contributed by atoms with Crippen molar-refractivity contribution in [2.45, 2.75) is 39.2 Å². The van der Waals surface area contributed by atoms with Crippen molar-refractivity contribution in [1.82, 2.24) is 0 Å². The lowest BCUT2D eigenvalue weighted by molar-refractivity contribution is 0.00128. The first-order valence-corrected chi connectivity index (χ1v) is 6.53. The number of hydrogen-bond donors (Lipinski definition) is 0. The van der Waals surface area contributed by atoms with Gasteiger partial charge >= 0.3 is 0 Å². The van der Waals surface area contributed by atoms with E-state index in [0.29, 0.717) is 0 Å². The van der Waals surface area contributed by atoms with E-state index in [2.05, 4.69) is 49.9 Å². The van der Waals surface area contributed by atoms with Crippen LogP contribution in [0.25, 0.3) is 0 Å². The molecule has 0 amide bonds. The molecule has 0 spiro atoms. The predicted octanol–water partition coefficient (Wildman–Crippen LogP) is 3.25. The summed E-state index contributed by atoms with van der Waals surface area (Å²) in [6.45, 7) is 9.28. The van der Waals surface area contributed by atoms with Gasteiger partial charge in [-0.05, 0) is 45.2 Å². The third-order valence-corrected chi connectivity index (χ3v) is 3.10. The summed E-state index contributed by atoms with van der Waals surface area (Å²) in [5.41, 5.74) is 2.85. The largest absolute Gasteiger partial charge is 0.374 e. The van der Waals surface area contributed by atoms with Gasteiger partial charge in [-0.2, -0.15) is 0 Å². The van der Waals surface area contributed by atoms with Crippen LogP contribution in [0.2, 0.25) is 0 Å². The van der Waals surface area contributed by atoms with Gasteiger partial charge in [-0.3, -0.25) is 0 Å². The van der Waals surface area contributed by atoms with Gasteiger partial charge in [0.25, 0.3) is 0 Å². The number of rotatable bonds is 3. The van der Waals surface area contributed by atoms with Gasteiger partial charge in [0.15, 0.2) is 0 Å². The second-order valence-corrected chi connectivity index (χ2v) is 5.68. The number of benzene rings is 1. The summed E-state index contributed by atoms with van der Waals surface area (Å²) >= 11 is 0. The molecule has 0 atom stereocenters. The first-order chi connectivity index (χ1) is 8.06. The Morgan fingerprint density at radius 1 is 1.24 bits per heavy atom. The molecule has 0 aromatic heterocycles. The Kier molecular flexibility index (Phi) is 3.72. The minimum absolute atomic E-state index is 0.0324. The van der Waals surface area contributed by atoms with Crippen LogP contribution in [-0.2, 0) is 11.2 Å². The molecule has 0 saturated carbocycles. The average molecular weight is 233 g/mol. The highest BCUT2D eigenvalue weighted by Gasteiger charge is 2.17. The third-order valence-electron chi connectivity index (χ3n) is 3.10. The van der Waals surface area contributed by atoms with Crippen LogP contribution in [-0.4, -0.2) is 25.3 Å². The molecule has 1 aliphatic heterocycles. The first-order valence-electron chi connectivity index (χ1n) is 6.53. The quantitative estimate of drug-likeness (QED) is 0.794. The molecule has 0 fully saturated rings. The van der Waals surface area contributed by atoms with Gasteiger partial charge in [0.2, 0.25) is 0 Å². The summed E-state index contributed by atoms with van der Waals surface area (Å²) in [4.78, 5) is 2.45. The molecule has 1 heterocycles. The van der Waals surface area contributed by atoms with Crippen LogP contribution in [0.15, 0.2) is 24.3 Å². The fourth-order valence-corrected chi connectivity index (χ4v) is 2.31. The minimum Gasteiger partial charge on any atom is -0.374 e. The highest BCUT2D eigenvalue weighted by molar-refractivity contribution is 5.55. The summed E-state index contributed by atoms with van der Waals surface area (Å²) in [6.07, 6.45) is 2.47. The van der Waals surface area contributed by atoms with E-state index in [0.717, 1.165) is 19.7 Å². The number of fused-ring (bicyclic) bond motifs is 1. The van der Waals surface area contributed by atoms with Crippen molar-refractivity contribution in [2.24, 2.45) is 0 Å². The lowest BCUT2D eigenvalue weighted by Gasteiger charge is -2.32. The van der Waals surface area contributed by atoms with Crippen LogP contribution in [0, 0.1) is 0 Å². The summed E-state index contributed by atoms with van der Waals surface area (Å²) in [5.74, 6) is 0. The molecule has 2 heteroatoms. The standard InChI is InChI=1S/C15H23NO/c1-15(2,3)17-12-11-16-10-6-8-13-7-4-5-9-14(13)16/h4-5,7,9H,6,8,10-12H2,1-3H3. The van der Waals surface area contributed by atoms with E-state index in [1.165, 1.54) is 24.1 Å². The summed E-state index contributed by atoms with van der Waals surface area (Å²) < 4.78 is 5.81. The van der Waals surface area contributed by atoms with Crippen molar-refractivity contribution in [3.63, 3.8) is 0 Å². The van der Waals surface area contributed by atoms with Crippen LogP contribution >= 0.6 is 0 Å². The summed E-state index contributed by atoms with van der Waals surface area (Å²) in [7, 11) is 0. The SMILES string of the molecule is CC(C)(C)OCCN1CCCc2ccccc21. The molecule has 1 aliphatic rings. The van der Waals surface area contributed by atoms with Gasteiger partial charge in [0.1, 0.15) is 0 Å². The highest BCUT2D eigenvalue weighted by Crippen LogP contribution is 2.26. The molecule has 0 unspecified atom stereocenters. The van der Waals surface area contributed by atoms with Crippen LogP contribution in [0.4, 0.5) is 5.69 Å². The topological polar surface area (TPSA) is 12.5 Å². The third kappa shape index (κ3) is 3.47. The average Bonchev–Trinajstić information content (AvgIpc) is 2.28. The Labute approximate surface area is 105 Å². The van der Waals surface area contributed by atoms with Gasteiger partial charge in [-0.15, -0.1) is 0 Å². The highest BCUT2D eigenvalue weighted by atomic mass is 16.5. The van der Waals surface area contributed by atoms with Gasteiger partial charge in [-0.1, -0.05) is 18.2 Å². The smallest absolute Gasteiger partial charge is 0.0648 e. The van der Waals surface area contributed by atoms with Gasteiger partial charge in [0, 0.05) is 18.8 Å². The molecule has 0 aliphatic carbocycles. The number of ether oxygens (including phenoxy) is 1. The molecule has 94 valence electrons. The van der Waals surface area contributed by atoms with Crippen molar-refractivity contribution >= 4 is 5.69 Å². The monoisotopic (exact) mass is 233 g/mol. The summed E-state index contributed by atoms with van der Waals surface area (Å²) in [5, 5.41) is 0. The molecule has 1 aromatic carbocycles. The molecule has 1 aromatic rings. The van der Waals surface area contributed by atoms with E-state index in [9.17, 15) is 0 Å². The number of anilines is 1. The Morgan fingerprint density at radius 3 is 2.76 bits per heavy atom. The molecular weight excluding hydrogens is 210 g/mol. The Hall–Kier alpha value is -1.02. The van der Waals surface area contributed by atoms with E-state index in [1.807, 2.05) is 0 Å². The van der Waals surface area contributed by atoms with Crippen molar-refractivity contribution in [3.05, 3.63) is 29.8 Å². The second-order valence-electron chi connectivity index (χ2n) is 5.68. The fourth-order valence-electron chi connectivity index (χ4n) is 2.31. The fraction of sp³-hybridized carbons (Fsp3) is 0.600. The molecule has 0 N–H and O–H groups in total. The lowest BCUT2D eigenvalue weighted by Crippen LogP contribution is -2.34. The van der Waals surface area contributed by atoms with Crippen LogP contribution < -0.4 is 4.90 Å². The Bertz CT molecular complexity index is 367. The van der Waals surface area contributed by atoms with Crippen molar-refractivity contribution in [2.75, 3.05) is 24.6 Å². The van der Waals surface area contributed by atoms with E-state index in [4.69, 9.17) is 4.74 Å². The molecule has 17 heavy (non-hydrogen) atoms. The van der Waals surface area contributed by atoms with Crippen molar-refractivity contribution in [3.8, 4) is 0 Å². The molecule has 2 nitrogen and oxygen atoms in total. The van der Waals surface area contributed by atoms with Crippen LogP contribution in [0.5, 0.6) is 0 Å². The maximum Gasteiger partial charge on any atom is 0.0648 e. The summed E-state index contributed by atoms with van der Waals surface area (Å²) in [6, 6.07) is 8.73.